The van der Waals surface area contributed by atoms with Gasteiger partial charge in [-0.1, -0.05) is 0 Å². The summed E-state index contributed by atoms with van der Waals surface area (Å²) in [6.45, 7) is -2.33. The molecule has 8 heteroatoms. The maximum atomic E-state index is 13.2. The molecule has 0 spiro atoms. The van der Waals surface area contributed by atoms with Gasteiger partial charge in [-0.15, -0.1) is 0 Å². The number of nitrogens with zero attached hydrogens (tertiary/aromatic N) is 1. The molecule has 1 rings (SSSR count). The van der Waals surface area contributed by atoms with Gasteiger partial charge in [0, 0.05) is 6.07 Å². The third-order valence-corrected chi connectivity index (χ3v) is 1.93. The Bertz CT molecular complexity index is 426. The highest BCUT2D eigenvalue weighted by molar-refractivity contribution is 5.50. The van der Waals surface area contributed by atoms with E-state index < -0.39 is 35.5 Å². The molecule has 0 aliphatic heterocycles. The van der Waals surface area contributed by atoms with Crippen molar-refractivity contribution in [3.63, 3.8) is 0 Å². The molecular formula is C9H9F3N2O3. The van der Waals surface area contributed by atoms with Crippen LogP contribution in [0.25, 0.3) is 0 Å². The van der Waals surface area contributed by atoms with E-state index in [0.717, 1.165) is 12.1 Å². The lowest BCUT2D eigenvalue weighted by molar-refractivity contribution is -0.385. The lowest BCUT2D eigenvalue weighted by Crippen LogP contribution is -2.31. The number of nitro groups is 1. The van der Waals surface area contributed by atoms with E-state index in [1.165, 1.54) is 0 Å². The van der Waals surface area contributed by atoms with Crippen LogP contribution in [0, 0.1) is 15.9 Å². The molecule has 1 aromatic carbocycles. The predicted octanol–water partition coefficient (Wildman–Crippen LogP) is 1.77. The van der Waals surface area contributed by atoms with Gasteiger partial charge in [-0.05, 0) is 6.07 Å². The first kappa shape index (κ1) is 13.2. The Morgan fingerprint density at radius 1 is 1.47 bits per heavy atom. The van der Waals surface area contributed by atoms with Gasteiger partial charge in [-0.3, -0.25) is 10.1 Å². The fourth-order valence-corrected chi connectivity index (χ4v) is 1.04. The fraction of sp³-hybridized carbons (Fsp3) is 0.333. The van der Waals surface area contributed by atoms with E-state index in [1.807, 2.05) is 0 Å². The van der Waals surface area contributed by atoms with Gasteiger partial charge in [-0.2, -0.15) is 0 Å². The van der Waals surface area contributed by atoms with Gasteiger partial charge in [0.25, 0.3) is 11.6 Å². The number of aliphatic hydroxyl groups is 1. The van der Waals surface area contributed by atoms with E-state index in [1.54, 1.807) is 0 Å². The molecule has 1 aromatic rings. The second-order valence-corrected chi connectivity index (χ2v) is 3.29. The molecule has 0 bridgehead atoms. The van der Waals surface area contributed by atoms with E-state index >= 15 is 0 Å². The van der Waals surface area contributed by atoms with Gasteiger partial charge in [0.1, 0.15) is 6.61 Å². The number of halogens is 3. The Balaban J connectivity index is 2.77. The second kappa shape index (κ2) is 5.00. The van der Waals surface area contributed by atoms with Gasteiger partial charge in [0.05, 0.1) is 23.2 Å². The number of hydrogen-bond donors (Lipinski definition) is 2. The summed E-state index contributed by atoms with van der Waals surface area (Å²) in [6, 6.07) is 2.60. The average Bonchev–Trinajstić information content (AvgIpc) is 2.27. The number of nitro benzene ring substituents is 1. The number of non-ortho nitro benzene ring substituents is 1. The molecular weight excluding hydrogens is 241 g/mol. The van der Waals surface area contributed by atoms with Crippen molar-refractivity contribution in [3.8, 4) is 0 Å². The number of rotatable bonds is 5. The summed E-state index contributed by atoms with van der Waals surface area (Å²) in [5.74, 6) is -4.39. The molecule has 94 valence electrons. The lowest BCUT2D eigenvalue weighted by Gasteiger charge is -2.15. The molecule has 0 aliphatic rings. The third-order valence-electron chi connectivity index (χ3n) is 1.93. The molecule has 0 amide bonds. The van der Waals surface area contributed by atoms with Crippen LogP contribution in [0.5, 0.6) is 0 Å². The Morgan fingerprint density at radius 3 is 2.59 bits per heavy atom. The van der Waals surface area contributed by atoms with Crippen LogP contribution in [0.1, 0.15) is 0 Å². The minimum absolute atomic E-state index is 0.288. The monoisotopic (exact) mass is 250 g/mol. The molecule has 5 nitrogen and oxygen atoms in total. The van der Waals surface area contributed by atoms with Gasteiger partial charge in [-0.25, -0.2) is 13.2 Å². The molecule has 0 aromatic heterocycles. The number of nitrogens with one attached hydrogen (secondary N) is 1. The smallest absolute Gasteiger partial charge is 0.287 e. The molecule has 0 heterocycles. The Morgan fingerprint density at radius 2 is 2.12 bits per heavy atom. The summed E-state index contributed by atoms with van der Waals surface area (Å²) in [7, 11) is 0. The van der Waals surface area contributed by atoms with Crippen molar-refractivity contribution in [2.75, 3.05) is 18.5 Å². The van der Waals surface area contributed by atoms with Crippen molar-refractivity contribution in [2.45, 2.75) is 5.92 Å². The third kappa shape index (κ3) is 3.59. The summed E-state index contributed by atoms with van der Waals surface area (Å²) < 4.78 is 38.5. The van der Waals surface area contributed by atoms with E-state index in [9.17, 15) is 23.3 Å². The van der Waals surface area contributed by atoms with Crippen LogP contribution in [-0.2, 0) is 0 Å². The van der Waals surface area contributed by atoms with Gasteiger partial charge < -0.3 is 10.4 Å². The maximum Gasteiger partial charge on any atom is 0.287 e. The predicted molar refractivity (Wildman–Crippen MR) is 53.6 cm³/mol. The molecule has 0 atom stereocenters. The minimum atomic E-state index is -3.38. The molecule has 0 radical (unpaired) electrons. The average molecular weight is 250 g/mol. The molecule has 0 unspecified atom stereocenters. The number of hydrogen-bond acceptors (Lipinski definition) is 4. The van der Waals surface area contributed by atoms with Crippen molar-refractivity contribution in [3.05, 3.63) is 34.1 Å². The zero-order valence-electron chi connectivity index (χ0n) is 8.49. The second-order valence-electron chi connectivity index (χ2n) is 3.29. The highest BCUT2D eigenvalue weighted by Crippen LogP contribution is 2.22. The molecule has 17 heavy (non-hydrogen) atoms. The van der Waals surface area contributed by atoms with Crippen molar-refractivity contribution < 1.29 is 23.2 Å². The summed E-state index contributed by atoms with van der Waals surface area (Å²) in [5.41, 5.74) is -0.759. The first-order valence-corrected chi connectivity index (χ1v) is 4.52. The molecule has 0 saturated carbocycles. The number of aliphatic hydroxyl groups excluding tert-OH is 1. The molecule has 0 saturated heterocycles. The summed E-state index contributed by atoms with van der Waals surface area (Å²) in [6.07, 6.45) is 0. The SMILES string of the molecule is O=[N+]([O-])c1ccc(NCC(F)(F)CO)c(F)c1. The number of benzene rings is 1. The van der Waals surface area contributed by atoms with Crippen LogP contribution < -0.4 is 5.32 Å². The van der Waals surface area contributed by atoms with E-state index in [2.05, 4.69) is 5.32 Å². The van der Waals surface area contributed by atoms with Gasteiger partial charge in [0.15, 0.2) is 5.82 Å². The van der Waals surface area contributed by atoms with Crippen LogP contribution in [0.15, 0.2) is 18.2 Å². The zero-order valence-corrected chi connectivity index (χ0v) is 8.49. The van der Waals surface area contributed by atoms with Crippen LogP contribution in [0.4, 0.5) is 24.5 Å². The van der Waals surface area contributed by atoms with E-state index in [4.69, 9.17) is 5.11 Å². The first-order valence-electron chi connectivity index (χ1n) is 4.52. The topological polar surface area (TPSA) is 75.4 Å². The first-order chi connectivity index (χ1) is 7.85. The fourth-order valence-electron chi connectivity index (χ4n) is 1.04. The lowest BCUT2D eigenvalue weighted by atomic mass is 10.2. The van der Waals surface area contributed by atoms with Crippen molar-refractivity contribution in [1.29, 1.82) is 0 Å². The quantitative estimate of drug-likeness (QED) is 0.617. The summed E-state index contributed by atoms with van der Waals surface area (Å²) in [5, 5.41) is 20.6. The normalized spacial score (nSPS) is 11.3. The zero-order chi connectivity index (χ0) is 13.1. The van der Waals surface area contributed by atoms with Crippen molar-refractivity contribution in [2.24, 2.45) is 0 Å². The van der Waals surface area contributed by atoms with E-state index in [0.29, 0.717) is 6.07 Å². The largest absolute Gasteiger partial charge is 0.390 e. The van der Waals surface area contributed by atoms with Crippen molar-refractivity contribution in [1.82, 2.24) is 0 Å². The van der Waals surface area contributed by atoms with Crippen LogP contribution in [0.3, 0.4) is 0 Å². The number of anilines is 1. The Kier molecular flexibility index (Phi) is 3.89. The number of alkyl halides is 2. The van der Waals surface area contributed by atoms with E-state index in [-0.39, 0.29) is 5.69 Å². The molecule has 0 fully saturated rings. The van der Waals surface area contributed by atoms with Crippen LogP contribution in [-0.4, -0.2) is 29.1 Å². The molecule has 0 aliphatic carbocycles. The van der Waals surface area contributed by atoms with Crippen LogP contribution in [0.2, 0.25) is 0 Å². The minimum Gasteiger partial charge on any atom is -0.390 e. The van der Waals surface area contributed by atoms with Crippen molar-refractivity contribution >= 4 is 11.4 Å². The van der Waals surface area contributed by atoms with Crippen LogP contribution >= 0.6 is 0 Å². The Hall–Kier alpha value is -1.83. The maximum absolute atomic E-state index is 13.2. The van der Waals surface area contributed by atoms with Gasteiger partial charge >= 0.3 is 0 Å². The highest BCUT2D eigenvalue weighted by atomic mass is 19.3. The standard InChI is InChI=1S/C9H9F3N2O3/c10-7-3-6(14(16)17)1-2-8(7)13-4-9(11,12)5-15/h1-3,13,15H,4-5H2. The summed E-state index contributed by atoms with van der Waals surface area (Å²) >= 11 is 0. The molecule has 2 N–H and O–H groups in total. The Labute approximate surface area is 94.0 Å². The van der Waals surface area contributed by atoms with Gasteiger partial charge in [0.2, 0.25) is 0 Å². The summed E-state index contributed by atoms with van der Waals surface area (Å²) in [4.78, 5) is 9.50. The highest BCUT2D eigenvalue weighted by Gasteiger charge is 2.27.